The molecule has 2 unspecified atom stereocenters. The molecule has 1 fully saturated rings. The van der Waals surface area contributed by atoms with Crippen molar-refractivity contribution in [2.75, 3.05) is 26.2 Å². The van der Waals surface area contributed by atoms with Gasteiger partial charge < -0.3 is 5.11 Å². The number of hydrogen-bond acceptors (Lipinski definition) is 5. The molecule has 1 aliphatic rings. The van der Waals surface area contributed by atoms with E-state index in [-0.39, 0.29) is 0 Å². The fourth-order valence-electron chi connectivity index (χ4n) is 2.77. The Bertz CT molecular complexity index is 481. The lowest BCUT2D eigenvalue weighted by atomic mass is 10.1. The molecule has 1 saturated heterocycles. The van der Waals surface area contributed by atoms with Gasteiger partial charge in [0, 0.05) is 31.1 Å². The third-order valence-corrected chi connectivity index (χ3v) is 5.04. The number of aromatic nitrogens is 1. The van der Waals surface area contributed by atoms with Crippen LogP contribution in [0.2, 0.25) is 0 Å². The van der Waals surface area contributed by atoms with Crippen LogP contribution in [0.15, 0.2) is 0 Å². The average molecular weight is 297 g/mol. The van der Waals surface area contributed by atoms with Gasteiger partial charge in [0.15, 0.2) is 0 Å². The highest BCUT2D eigenvalue weighted by atomic mass is 32.1. The minimum Gasteiger partial charge on any atom is -0.480 e. The van der Waals surface area contributed by atoms with Gasteiger partial charge >= 0.3 is 5.97 Å². The molecule has 0 amide bonds. The number of carbonyl (C=O) groups is 1. The molecule has 5 nitrogen and oxygen atoms in total. The Labute approximate surface area is 124 Å². The van der Waals surface area contributed by atoms with Crippen molar-refractivity contribution in [3.63, 3.8) is 0 Å². The van der Waals surface area contributed by atoms with E-state index in [1.54, 1.807) is 18.3 Å². The van der Waals surface area contributed by atoms with Crippen molar-refractivity contribution in [2.24, 2.45) is 0 Å². The van der Waals surface area contributed by atoms with Crippen LogP contribution in [-0.4, -0.2) is 58.1 Å². The van der Waals surface area contributed by atoms with Gasteiger partial charge in [-0.1, -0.05) is 0 Å². The number of hydrogen-bond donors (Lipinski definition) is 1. The number of carboxylic acids is 1. The molecular weight excluding hydrogens is 274 g/mol. The highest BCUT2D eigenvalue weighted by Crippen LogP contribution is 2.27. The molecule has 0 saturated carbocycles. The molecule has 1 aliphatic heterocycles. The van der Waals surface area contributed by atoms with Crippen LogP contribution < -0.4 is 0 Å². The Kier molecular flexibility index (Phi) is 4.78. The van der Waals surface area contributed by atoms with Crippen molar-refractivity contribution < 1.29 is 9.90 Å². The summed E-state index contributed by atoms with van der Waals surface area (Å²) >= 11 is 1.74. The minimum absolute atomic E-state index is 0.308. The first-order chi connectivity index (χ1) is 9.40. The first kappa shape index (κ1) is 15.4. The van der Waals surface area contributed by atoms with Crippen LogP contribution in [-0.2, 0) is 4.79 Å². The highest BCUT2D eigenvalue weighted by Gasteiger charge is 2.28. The van der Waals surface area contributed by atoms with E-state index in [0.29, 0.717) is 6.04 Å². The maximum absolute atomic E-state index is 11.0. The summed E-state index contributed by atoms with van der Waals surface area (Å²) in [6.45, 7) is 11.5. The summed E-state index contributed by atoms with van der Waals surface area (Å²) in [6.07, 6.45) is 0. The summed E-state index contributed by atoms with van der Waals surface area (Å²) in [5.41, 5.74) is 1.17. The molecule has 1 aromatic rings. The summed E-state index contributed by atoms with van der Waals surface area (Å²) in [7, 11) is 0. The fraction of sp³-hybridized carbons (Fsp3) is 0.714. The van der Waals surface area contributed by atoms with E-state index >= 15 is 0 Å². The van der Waals surface area contributed by atoms with E-state index in [1.165, 1.54) is 10.6 Å². The molecule has 6 heteroatoms. The Morgan fingerprint density at radius 2 is 1.75 bits per heavy atom. The summed E-state index contributed by atoms with van der Waals surface area (Å²) in [6, 6.07) is -0.0852. The summed E-state index contributed by atoms with van der Waals surface area (Å²) in [4.78, 5) is 21.4. The molecule has 2 atom stereocenters. The quantitative estimate of drug-likeness (QED) is 0.920. The molecule has 0 aromatic carbocycles. The predicted molar refractivity (Wildman–Crippen MR) is 80.2 cm³/mol. The van der Waals surface area contributed by atoms with Crippen LogP contribution >= 0.6 is 11.3 Å². The fourth-order valence-corrected chi connectivity index (χ4v) is 3.68. The third kappa shape index (κ3) is 3.19. The van der Waals surface area contributed by atoms with Gasteiger partial charge in [-0.15, -0.1) is 11.3 Å². The van der Waals surface area contributed by atoms with Crippen molar-refractivity contribution in [1.82, 2.24) is 14.8 Å². The van der Waals surface area contributed by atoms with Crippen LogP contribution in [0.5, 0.6) is 0 Å². The summed E-state index contributed by atoms with van der Waals surface area (Å²) in [5, 5.41) is 10.2. The van der Waals surface area contributed by atoms with Crippen LogP contribution in [0, 0.1) is 13.8 Å². The normalized spacial score (nSPS) is 20.8. The van der Waals surface area contributed by atoms with Crippen molar-refractivity contribution in [2.45, 2.75) is 39.8 Å². The van der Waals surface area contributed by atoms with Crippen LogP contribution in [0.3, 0.4) is 0 Å². The van der Waals surface area contributed by atoms with Crippen LogP contribution in [0.1, 0.15) is 35.5 Å². The van der Waals surface area contributed by atoms with E-state index in [0.717, 1.165) is 31.2 Å². The van der Waals surface area contributed by atoms with Gasteiger partial charge in [-0.25, -0.2) is 4.98 Å². The lowest BCUT2D eigenvalue weighted by molar-refractivity contribution is -0.143. The molecule has 2 heterocycles. The van der Waals surface area contributed by atoms with Gasteiger partial charge in [-0.05, 0) is 27.7 Å². The van der Waals surface area contributed by atoms with Gasteiger partial charge in [0.1, 0.15) is 6.04 Å². The maximum Gasteiger partial charge on any atom is 0.320 e. The van der Waals surface area contributed by atoms with Gasteiger partial charge in [-0.2, -0.15) is 0 Å². The number of carboxylic acid groups (broad SMARTS) is 1. The number of nitrogens with zero attached hydrogens (tertiary/aromatic N) is 3. The third-order valence-electron chi connectivity index (χ3n) is 4.14. The first-order valence-corrected chi connectivity index (χ1v) is 7.86. The van der Waals surface area contributed by atoms with Gasteiger partial charge in [0.05, 0.1) is 16.7 Å². The topological polar surface area (TPSA) is 56.7 Å². The second-order valence-electron chi connectivity index (χ2n) is 5.44. The lowest BCUT2D eigenvalue weighted by Gasteiger charge is -2.39. The zero-order valence-electron chi connectivity index (χ0n) is 12.6. The monoisotopic (exact) mass is 297 g/mol. The average Bonchev–Trinajstić information content (AvgIpc) is 2.76. The summed E-state index contributed by atoms with van der Waals surface area (Å²) in [5.74, 6) is -0.738. The van der Waals surface area contributed by atoms with Gasteiger partial charge in [0.2, 0.25) is 0 Å². The second kappa shape index (κ2) is 6.20. The van der Waals surface area contributed by atoms with Crippen molar-refractivity contribution in [3.05, 3.63) is 15.6 Å². The molecule has 1 aromatic heterocycles. The smallest absolute Gasteiger partial charge is 0.320 e. The van der Waals surface area contributed by atoms with E-state index in [2.05, 4.69) is 23.7 Å². The molecule has 0 spiro atoms. The Morgan fingerprint density at radius 1 is 1.20 bits per heavy atom. The van der Waals surface area contributed by atoms with Crippen molar-refractivity contribution in [3.8, 4) is 0 Å². The Hall–Kier alpha value is -0.980. The summed E-state index contributed by atoms with van der Waals surface area (Å²) < 4.78 is 0. The molecule has 0 bridgehead atoms. The van der Waals surface area contributed by atoms with Crippen LogP contribution in [0.4, 0.5) is 0 Å². The minimum atomic E-state index is -0.738. The highest BCUT2D eigenvalue weighted by molar-refractivity contribution is 7.11. The Morgan fingerprint density at radius 3 is 2.20 bits per heavy atom. The zero-order chi connectivity index (χ0) is 14.9. The van der Waals surface area contributed by atoms with Gasteiger partial charge in [-0.3, -0.25) is 14.6 Å². The Balaban J connectivity index is 1.97. The largest absolute Gasteiger partial charge is 0.480 e. The number of rotatable bonds is 4. The standard InChI is InChI=1S/C14H23N3O2S/c1-9(13-11(3)20-12(4)15-13)16-5-7-17(8-6-16)10(2)14(18)19/h9-10H,5-8H2,1-4H3,(H,18,19). The molecule has 1 N–H and O–H groups in total. The van der Waals surface area contributed by atoms with E-state index < -0.39 is 12.0 Å². The number of piperazine rings is 1. The van der Waals surface area contributed by atoms with Gasteiger partial charge in [0.25, 0.3) is 0 Å². The van der Waals surface area contributed by atoms with Crippen molar-refractivity contribution in [1.29, 1.82) is 0 Å². The van der Waals surface area contributed by atoms with E-state index in [1.807, 2.05) is 11.8 Å². The maximum atomic E-state index is 11.0. The molecule has 2 rings (SSSR count). The zero-order valence-corrected chi connectivity index (χ0v) is 13.4. The molecule has 112 valence electrons. The number of aryl methyl sites for hydroxylation is 2. The van der Waals surface area contributed by atoms with E-state index in [4.69, 9.17) is 5.11 Å². The molecule has 20 heavy (non-hydrogen) atoms. The predicted octanol–water partition coefficient (Wildman–Crippen LogP) is 1.91. The molecular formula is C14H23N3O2S. The number of thiazole rings is 1. The first-order valence-electron chi connectivity index (χ1n) is 7.05. The number of aliphatic carboxylic acids is 1. The van der Waals surface area contributed by atoms with Crippen LogP contribution in [0.25, 0.3) is 0 Å². The van der Waals surface area contributed by atoms with E-state index in [9.17, 15) is 4.79 Å². The molecule has 0 aliphatic carbocycles. The second-order valence-corrected chi connectivity index (χ2v) is 6.84. The van der Waals surface area contributed by atoms with Crippen molar-refractivity contribution >= 4 is 17.3 Å². The lowest BCUT2D eigenvalue weighted by Crippen LogP contribution is -2.52. The SMILES string of the molecule is Cc1nc(C(C)N2CCN(C(C)C(=O)O)CC2)c(C)s1. The molecule has 0 radical (unpaired) electrons.